The Kier molecular flexibility index (Phi) is 6.63. The van der Waals surface area contributed by atoms with Crippen LogP contribution < -0.4 is 5.32 Å². The summed E-state index contributed by atoms with van der Waals surface area (Å²) in [7, 11) is 0. The second kappa shape index (κ2) is 8.70. The molecular formula is C19H28N2O2. The predicted octanol–water partition coefficient (Wildman–Crippen LogP) is 2.98. The van der Waals surface area contributed by atoms with E-state index in [1.807, 2.05) is 35.2 Å². The van der Waals surface area contributed by atoms with Gasteiger partial charge in [0.25, 0.3) is 0 Å². The van der Waals surface area contributed by atoms with Gasteiger partial charge in [0, 0.05) is 31.5 Å². The number of likely N-dealkylation sites (tertiary alicyclic amines) is 1. The topological polar surface area (TPSA) is 49.4 Å². The monoisotopic (exact) mass is 316 g/mol. The lowest BCUT2D eigenvalue weighted by molar-refractivity contribution is -0.139. The van der Waals surface area contributed by atoms with Gasteiger partial charge in [-0.1, -0.05) is 44.2 Å². The van der Waals surface area contributed by atoms with Crippen LogP contribution in [-0.2, 0) is 16.1 Å². The first kappa shape index (κ1) is 17.5. The van der Waals surface area contributed by atoms with Crippen molar-refractivity contribution in [2.24, 2.45) is 11.8 Å². The summed E-state index contributed by atoms with van der Waals surface area (Å²) >= 11 is 0. The van der Waals surface area contributed by atoms with Crippen LogP contribution in [0.25, 0.3) is 0 Å². The molecule has 1 saturated heterocycles. The van der Waals surface area contributed by atoms with E-state index in [2.05, 4.69) is 19.2 Å². The van der Waals surface area contributed by atoms with Crippen molar-refractivity contribution < 1.29 is 9.59 Å². The third-order valence-electron chi connectivity index (χ3n) is 4.82. The van der Waals surface area contributed by atoms with Crippen molar-refractivity contribution >= 4 is 11.8 Å². The molecule has 0 spiro atoms. The molecule has 1 aromatic carbocycles. The average Bonchev–Trinajstić information content (AvgIpc) is 2.61. The lowest BCUT2D eigenvalue weighted by Gasteiger charge is -2.33. The zero-order valence-electron chi connectivity index (χ0n) is 14.3. The number of nitrogens with one attached hydrogen (secondary N) is 1. The fraction of sp³-hybridized carbons (Fsp3) is 0.579. The van der Waals surface area contributed by atoms with E-state index in [9.17, 15) is 9.59 Å². The number of rotatable bonds is 6. The van der Waals surface area contributed by atoms with Crippen LogP contribution in [0.4, 0.5) is 0 Å². The van der Waals surface area contributed by atoms with Gasteiger partial charge in [-0.15, -0.1) is 0 Å². The van der Waals surface area contributed by atoms with Gasteiger partial charge in [-0.3, -0.25) is 9.59 Å². The maximum absolute atomic E-state index is 12.4. The number of carbonyl (C=O) groups excluding carboxylic acids is 2. The van der Waals surface area contributed by atoms with Gasteiger partial charge >= 0.3 is 0 Å². The third kappa shape index (κ3) is 4.81. The first-order valence-electron chi connectivity index (χ1n) is 8.76. The molecule has 1 aromatic rings. The highest BCUT2D eigenvalue weighted by atomic mass is 16.2. The number of benzene rings is 1. The molecule has 0 unspecified atom stereocenters. The van der Waals surface area contributed by atoms with E-state index < -0.39 is 0 Å². The molecule has 0 saturated carbocycles. The molecule has 23 heavy (non-hydrogen) atoms. The maximum atomic E-state index is 12.4. The lowest BCUT2D eigenvalue weighted by Crippen LogP contribution is -2.44. The van der Waals surface area contributed by atoms with E-state index in [0.29, 0.717) is 19.6 Å². The molecule has 4 nitrogen and oxygen atoms in total. The van der Waals surface area contributed by atoms with Crippen LogP contribution in [0.5, 0.6) is 0 Å². The van der Waals surface area contributed by atoms with Gasteiger partial charge in [0.05, 0.1) is 0 Å². The number of amides is 2. The minimum Gasteiger partial charge on any atom is -0.352 e. The molecule has 1 N–H and O–H groups in total. The Labute approximate surface area is 139 Å². The Morgan fingerprint density at radius 1 is 1.13 bits per heavy atom. The summed E-state index contributed by atoms with van der Waals surface area (Å²) in [5, 5.41) is 3.02. The highest BCUT2D eigenvalue weighted by Crippen LogP contribution is 2.21. The maximum Gasteiger partial charge on any atom is 0.225 e. The fourth-order valence-corrected chi connectivity index (χ4v) is 3.19. The van der Waals surface area contributed by atoms with Crippen molar-refractivity contribution in [3.63, 3.8) is 0 Å². The van der Waals surface area contributed by atoms with E-state index >= 15 is 0 Å². The summed E-state index contributed by atoms with van der Waals surface area (Å²) in [6.45, 7) is 6.12. The summed E-state index contributed by atoms with van der Waals surface area (Å²) in [5.74, 6) is 0.546. The van der Waals surface area contributed by atoms with Crippen molar-refractivity contribution in [1.82, 2.24) is 10.2 Å². The van der Waals surface area contributed by atoms with Crippen molar-refractivity contribution in [3.8, 4) is 0 Å². The molecule has 1 heterocycles. The van der Waals surface area contributed by atoms with E-state index in [1.54, 1.807) is 0 Å². The van der Waals surface area contributed by atoms with Gasteiger partial charge in [-0.25, -0.2) is 0 Å². The largest absolute Gasteiger partial charge is 0.352 e. The van der Waals surface area contributed by atoms with Crippen LogP contribution >= 0.6 is 0 Å². The van der Waals surface area contributed by atoms with Gasteiger partial charge in [0.1, 0.15) is 0 Å². The molecule has 1 fully saturated rings. The summed E-state index contributed by atoms with van der Waals surface area (Å²) in [5.41, 5.74) is 1.11. The molecule has 2 rings (SSSR count). The Morgan fingerprint density at radius 2 is 1.74 bits per heavy atom. The third-order valence-corrected chi connectivity index (χ3v) is 4.82. The zero-order chi connectivity index (χ0) is 16.7. The van der Waals surface area contributed by atoms with Gasteiger partial charge in [0.2, 0.25) is 11.8 Å². The van der Waals surface area contributed by atoms with E-state index in [4.69, 9.17) is 0 Å². The second-order valence-electron chi connectivity index (χ2n) is 6.32. The fourth-order valence-electron chi connectivity index (χ4n) is 3.19. The van der Waals surface area contributed by atoms with E-state index in [1.165, 1.54) is 0 Å². The highest BCUT2D eigenvalue weighted by Gasteiger charge is 2.29. The summed E-state index contributed by atoms with van der Waals surface area (Å²) < 4.78 is 0. The smallest absolute Gasteiger partial charge is 0.225 e. The lowest BCUT2D eigenvalue weighted by atomic mass is 9.93. The van der Waals surface area contributed by atoms with E-state index in [0.717, 1.165) is 31.2 Å². The van der Waals surface area contributed by atoms with Crippen molar-refractivity contribution in [2.75, 3.05) is 13.1 Å². The van der Waals surface area contributed by atoms with Crippen LogP contribution in [-0.4, -0.2) is 29.8 Å². The normalized spacial score (nSPS) is 15.7. The Bertz CT molecular complexity index is 503. The Balaban J connectivity index is 1.77. The molecule has 0 aromatic heterocycles. The number of piperidine rings is 1. The number of carbonyl (C=O) groups is 2. The summed E-state index contributed by atoms with van der Waals surface area (Å²) in [6, 6.07) is 9.94. The molecule has 0 atom stereocenters. The van der Waals surface area contributed by atoms with Crippen molar-refractivity contribution in [2.45, 2.75) is 46.1 Å². The molecule has 1 aliphatic heterocycles. The molecule has 4 heteroatoms. The number of hydrogen-bond acceptors (Lipinski definition) is 2. The van der Waals surface area contributed by atoms with Gasteiger partial charge in [-0.05, 0) is 31.2 Å². The Morgan fingerprint density at radius 3 is 2.30 bits per heavy atom. The van der Waals surface area contributed by atoms with Crippen molar-refractivity contribution in [1.29, 1.82) is 0 Å². The van der Waals surface area contributed by atoms with Crippen LogP contribution in [0, 0.1) is 11.8 Å². The minimum atomic E-state index is 0.0319. The average molecular weight is 316 g/mol. The molecule has 0 bridgehead atoms. The Hall–Kier alpha value is -1.84. The summed E-state index contributed by atoms with van der Waals surface area (Å²) in [6.07, 6.45) is 3.33. The minimum absolute atomic E-state index is 0.0319. The molecule has 0 radical (unpaired) electrons. The first-order chi connectivity index (χ1) is 11.2. The van der Waals surface area contributed by atoms with E-state index in [-0.39, 0.29) is 23.7 Å². The summed E-state index contributed by atoms with van der Waals surface area (Å²) in [4.78, 5) is 26.6. The van der Waals surface area contributed by atoms with Gasteiger partial charge in [0.15, 0.2) is 0 Å². The molecule has 0 aliphatic carbocycles. The van der Waals surface area contributed by atoms with Crippen LogP contribution in [0.2, 0.25) is 0 Å². The van der Waals surface area contributed by atoms with Gasteiger partial charge < -0.3 is 10.2 Å². The standard InChI is InChI=1S/C19H28N2O2/c1-3-16(4-2)19(23)21-12-10-17(11-13-21)18(22)20-14-15-8-6-5-7-9-15/h5-9,16-17H,3-4,10-14H2,1-2H3,(H,20,22). The molecule has 2 amide bonds. The highest BCUT2D eigenvalue weighted by molar-refractivity contribution is 5.81. The van der Waals surface area contributed by atoms with Gasteiger partial charge in [-0.2, -0.15) is 0 Å². The molecule has 1 aliphatic rings. The molecular weight excluding hydrogens is 288 g/mol. The number of nitrogens with zero attached hydrogens (tertiary/aromatic N) is 1. The zero-order valence-corrected chi connectivity index (χ0v) is 14.3. The molecule has 126 valence electrons. The second-order valence-corrected chi connectivity index (χ2v) is 6.32. The number of hydrogen-bond donors (Lipinski definition) is 1. The van der Waals surface area contributed by atoms with Crippen LogP contribution in [0.1, 0.15) is 45.1 Å². The first-order valence-corrected chi connectivity index (χ1v) is 8.76. The van der Waals surface area contributed by atoms with Crippen LogP contribution in [0.3, 0.4) is 0 Å². The van der Waals surface area contributed by atoms with Crippen molar-refractivity contribution in [3.05, 3.63) is 35.9 Å². The SMILES string of the molecule is CCC(CC)C(=O)N1CCC(C(=O)NCc2ccccc2)CC1. The predicted molar refractivity (Wildman–Crippen MR) is 91.7 cm³/mol. The quantitative estimate of drug-likeness (QED) is 0.877. The van der Waals surface area contributed by atoms with Crippen LogP contribution in [0.15, 0.2) is 30.3 Å².